The average molecular weight is 253 g/mol. The zero-order valence-corrected chi connectivity index (χ0v) is 12.6. The van der Waals surface area contributed by atoms with Crippen LogP contribution in [0.15, 0.2) is 0 Å². The lowest BCUT2D eigenvalue weighted by Crippen LogP contribution is -2.48. The molecule has 0 aromatic rings. The molecule has 2 heteroatoms. The summed E-state index contributed by atoms with van der Waals surface area (Å²) in [7, 11) is 0. The molecule has 1 heterocycles. The van der Waals surface area contributed by atoms with Gasteiger partial charge >= 0.3 is 0 Å². The van der Waals surface area contributed by atoms with Gasteiger partial charge in [0.1, 0.15) is 0 Å². The molecular formula is C16H31NO. The van der Waals surface area contributed by atoms with Crippen LogP contribution in [0, 0.1) is 23.7 Å². The van der Waals surface area contributed by atoms with Crippen LogP contribution in [0.4, 0.5) is 0 Å². The normalized spacial score (nSPS) is 47.2. The van der Waals surface area contributed by atoms with Crippen molar-refractivity contribution in [3.8, 4) is 0 Å². The van der Waals surface area contributed by atoms with Crippen molar-refractivity contribution in [3.05, 3.63) is 0 Å². The number of hydrogen-bond acceptors (Lipinski definition) is 2. The number of nitrogens with zero attached hydrogens (tertiary/aromatic N) is 1. The Morgan fingerprint density at radius 2 is 1.72 bits per heavy atom. The van der Waals surface area contributed by atoms with Crippen LogP contribution in [0.1, 0.15) is 53.4 Å². The number of piperidine rings is 1. The van der Waals surface area contributed by atoms with Gasteiger partial charge in [0, 0.05) is 18.5 Å². The van der Waals surface area contributed by atoms with E-state index in [1.54, 1.807) is 0 Å². The van der Waals surface area contributed by atoms with Gasteiger partial charge < -0.3 is 10.0 Å². The van der Waals surface area contributed by atoms with Crippen LogP contribution >= 0.6 is 0 Å². The van der Waals surface area contributed by atoms with Crippen LogP contribution in [-0.4, -0.2) is 35.2 Å². The third-order valence-electron chi connectivity index (χ3n) is 5.36. The molecule has 1 N–H and O–H groups in total. The van der Waals surface area contributed by atoms with Crippen molar-refractivity contribution in [3.63, 3.8) is 0 Å². The molecule has 6 atom stereocenters. The molecule has 0 bridgehead atoms. The van der Waals surface area contributed by atoms with E-state index >= 15 is 0 Å². The third kappa shape index (κ3) is 3.27. The second-order valence-corrected chi connectivity index (χ2v) is 7.26. The summed E-state index contributed by atoms with van der Waals surface area (Å²) in [6.45, 7) is 11.7. The molecule has 0 aromatic heterocycles. The summed E-state index contributed by atoms with van der Waals surface area (Å²) in [5, 5.41) is 10.4. The van der Waals surface area contributed by atoms with Crippen molar-refractivity contribution >= 4 is 0 Å². The smallest absolute Gasteiger partial charge is 0.0585 e. The molecule has 2 nitrogen and oxygen atoms in total. The van der Waals surface area contributed by atoms with Crippen molar-refractivity contribution in [2.75, 3.05) is 13.1 Å². The minimum atomic E-state index is -0.0738. The van der Waals surface area contributed by atoms with Gasteiger partial charge in [-0.2, -0.15) is 0 Å². The molecule has 0 radical (unpaired) electrons. The van der Waals surface area contributed by atoms with Crippen molar-refractivity contribution in [1.29, 1.82) is 0 Å². The van der Waals surface area contributed by atoms with E-state index in [0.29, 0.717) is 23.8 Å². The molecule has 2 aliphatic rings. The van der Waals surface area contributed by atoms with Crippen molar-refractivity contribution in [2.24, 2.45) is 23.7 Å². The Bertz CT molecular complexity index is 256. The first-order valence-corrected chi connectivity index (χ1v) is 7.89. The number of rotatable bonds is 2. The number of hydrogen-bond donors (Lipinski definition) is 1. The molecule has 6 unspecified atom stereocenters. The topological polar surface area (TPSA) is 23.5 Å². The molecular weight excluding hydrogens is 222 g/mol. The zero-order chi connectivity index (χ0) is 13.3. The van der Waals surface area contributed by atoms with Crippen molar-refractivity contribution < 1.29 is 5.11 Å². The molecule has 0 spiro atoms. The first-order valence-electron chi connectivity index (χ1n) is 7.89. The van der Waals surface area contributed by atoms with Gasteiger partial charge in [0.15, 0.2) is 0 Å². The van der Waals surface area contributed by atoms with Crippen LogP contribution in [-0.2, 0) is 0 Å². The van der Waals surface area contributed by atoms with Crippen LogP contribution in [0.3, 0.4) is 0 Å². The molecule has 2 fully saturated rings. The number of aliphatic hydroxyl groups excluding tert-OH is 1. The molecule has 1 aliphatic carbocycles. The fourth-order valence-corrected chi connectivity index (χ4v) is 4.17. The minimum absolute atomic E-state index is 0.0738. The summed E-state index contributed by atoms with van der Waals surface area (Å²) >= 11 is 0. The summed E-state index contributed by atoms with van der Waals surface area (Å²) in [4.78, 5) is 2.63. The largest absolute Gasteiger partial charge is 0.393 e. The van der Waals surface area contributed by atoms with E-state index in [2.05, 4.69) is 32.6 Å². The first-order chi connectivity index (χ1) is 8.47. The molecule has 0 aromatic carbocycles. The van der Waals surface area contributed by atoms with Gasteiger partial charge in [-0.25, -0.2) is 0 Å². The second-order valence-electron chi connectivity index (χ2n) is 7.26. The lowest BCUT2D eigenvalue weighted by molar-refractivity contribution is -0.0157. The SMILES string of the molecule is CC1CC(C)C(CN2CCC(C)CC2C)C(O)C1. The van der Waals surface area contributed by atoms with Crippen LogP contribution in [0.2, 0.25) is 0 Å². The molecule has 1 saturated carbocycles. The predicted octanol–water partition coefficient (Wildman–Crippen LogP) is 3.15. The summed E-state index contributed by atoms with van der Waals surface area (Å²) in [5.74, 6) is 2.75. The van der Waals surface area contributed by atoms with Crippen LogP contribution < -0.4 is 0 Å². The molecule has 106 valence electrons. The van der Waals surface area contributed by atoms with Crippen LogP contribution in [0.25, 0.3) is 0 Å². The van der Waals surface area contributed by atoms with E-state index in [1.165, 1.54) is 25.8 Å². The van der Waals surface area contributed by atoms with Gasteiger partial charge in [-0.15, -0.1) is 0 Å². The molecule has 18 heavy (non-hydrogen) atoms. The lowest BCUT2D eigenvalue weighted by atomic mass is 9.73. The maximum absolute atomic E-state index is 10.4. The molecule has 1 saturated heterocycles. The van der Waals surface area contributed by atoms with E-state index in [-0.39, 0.29) is 6.10 Å². The molecule has 1 aliphatic heterocycles. The van der Waals surface area contributed by atoms with Gasteiger partial charge in [-0.3, -0.25) is 0 Å². The van der Waals surface area contributed by atoms with Gasteiger partial charge in [0.05, 0.1) is 6.10 Å². The van der Waals surface area contributed by atoms with Crippen molar-refractivity contribution in [2.45, 2.75) is 65.5 Å². The second kappa shape index (κ2) is 5.92. The Balaban J connectivity index is 1.92. The summed E-state index contributed by atoms with van der Waals surface area (Å²) in [5.41, 5.74) is 0. The van der Waals surface area contributed by atoms with E-state index < -0.39 is 0 Å². The van der Waals surface area contributed by atoms with Gasteiger partial charge in [-0.1, -0.05) is 20.8 Å². The highest BCUT2D eigenvalue weighted by Gasteiger charge is 2.35. The molecule has 0 amide bonds. The maximum atomic E-state index is 10.4. The number of aliphatic hydroxyl groups is 1. The standard InChI is InChI=1S/C16H31NO/c1-11-5-6-17(14(4)8-11)10-15-13(3)7-12(2)9-16(15)18/h11-16,18H,5-10H2,1-4H3. The highest BCUT2D eigenvalue weighted by atomic mass is 16.3. The van der Waals surface area contributed by atoms with E-state index in [1.807, 2.05) is 0 Å². The summed E-state index contributed by atoms with van der Waals surface area (Å²) < 4.78 is 0. The fourth-order valence-electron chi connectivity index (χ4n) is 4.17. The van der Waals surface area contributed by atoms with Gasteiger partial charge in [0.2, 0.25) is 0 Å². The Morgan fingerprint density at radius 3 is 2.33 bits per heavy atom. The van der Waals surface area contributed by atoms with Gasteiger partial charge in [-0.05, 0) is 56.9 Å². The first kappa shape index (κ1) is 14.3. The van der Waals surface area contributed by atoms with E-state index in [0.717, 1.165) is 18.9 Å². The predicted molar refractivity (Wildman–Crippen MR) is 76.5 cm³/mol. The van der Waals surface area contributed by atoms with E-state index in [4.69, 9.17) is 0 Å². The summed E-state index contributed by atoms with van der Waals surface area (Å²) in [6, 6.07) is 0.701. The monoisotopic (exact) mass is 253 g/mol. The Morgan fingerprint density at radius 1 is 1.00 bits per heavy atom. The van der Waals surface area contributed by atoms with Crippen LogP contribution in [0.5, 0.6) is 0 Å². The van der Waals surface area contributed by atoms with E-state index in [9.17, 15) is 5.11 Å². The zero-order valence-electron chi connectivity index (χ0n) is 12.6. The molecule has 2 rings (SSSR count). The Hall–Kier alpha value is -0.0800. The lowest BCUT2D eigenvalue weighted by Gasteiger charge is -2.43. The van der Waals surface area contributed by atoms with Gasteiger partial charge in [0.25, 0.3) is 0 Å². The van der Waals surface area contributed by atoms with Crippen molar-refractivity contribution in [1.82, 2.24) is 4.90 Å². The fraction of sp³-hybridized carbons (Fsp3) is 1.00. The highest BCUT2D eigenvalue weighted by Crippen LogP contribution is 2.35. The average Bonchev–Trinajstić information content (AvgIpc) is 2.25. The number of likely N-dealkylation sites (tertiary alicyclic amines) is 1. The Labute approximate surface area is 113 Å². The summed E-state index contributed by atoms with van der Waals surface area (Å²) in [6.07, 6.45) is 4.88. The highest BCUT2D eigenvalue weighted by molar-refractivity contribution is 4.87. The minimum Gasteiger partial charge on any atom is -0.393 e. The Kier molecular flexibility index (Phi) is 4.71. The maximum Gasteiger partial charge on any atom is 0.0585 e. The quantitative estimate of drug-likeness (QED) is 0.817. The third-order valence-corrected chi connectivity index (χ3v) is 5.36.